The maximum Gasteiger partial charge on any atom is 0.176 e. The molecular weight excluding hydrogens is 170 g/mol. The van der Waals surface area contributed by atoms with Gasteiger partial charge in [0.25, 0.3) is 0 Å². The molecule has 0 rings (SSSR count). The second-order valence-electron chi connectivity index (χ2n) is 3.40. The van der Waals surface area contributed by atoms with Gasteiger partial charge in [-0.05, 0) is 31.0 Å². The smallest absolute Gasteiger partial charge is 0.176 e. The van der Waals surface area contributed by atoms with Crippen LogP contribution in [0.2, 0.25) is 0 Å². The molecule has 0 aromatic heterocycles. The lowest BCUT2D eigenvalue weighted by molar-refractivity contribution is 0.295. The molecule has 0 amide bonds. The molecule has 2 nitrogen and oxygen atoms in total. The van der Waals surface area contributed by atoms with Crippen molar-refractivity contribution in [1.82, 2.24) is 0 Å². The highest BCUT2D eigenvalue weighted by Gasteiger charge is 2.11. The molecule has 0 saturated carbocycles. The molecule has 0 spiro atoms. The normalized spacial score (nSPS) is 13.1. The van der Waals surface area contributed by atoms with Gasteiger partial charge in [0.05, 0.1) is 12.6 Å². The molecule has 0 aromatic carbocycles. The van der Waals surface area contributed by atoms with Gasteiger partial charge < -0.3 is 10.5 Å². The molecular formula is C9H19NOS. The first-order chi connectivity index (χ1) is 5.57. The van der Waals surface area contributed by atoms with Crippen molar-refractivity contribution in [1.29, 1.82) is 0 Å². The molecule has 2 N–H and O–H groups in total. The van der Waals surface area contributed by atoms with Crippen LogP contribution in [0.25, 0.3) is 0 Å². The van der Waals surface area contributed by atoms with E-state index < -0.39 is 0 Å². The topological polar surface area (TPSA) is 35.2 Å². The van der Waals surface area contributed by atoms with Crippen molar-refractivity contribution >= 4 is 17.3 Å². The molecule has 72 valence electrons. The molecule has 0 aliphatic rings. The lowest BCUT2D eigenvalue weighted by atomic mass is 10.1. The van der Waals surface area contributed by atoms with Crippen LogP contribution in [0.1, 0.15) is 33.6 Å². The number of hydrogen-bond donors (Lipinski definition) is 1. The Morgan fingerprint density at radius 3 is 2.50 bits per heavy atom. The van der Waals surface area contributed by atoms with E-state index in [4.69, 9.17) is 22.7 Å². The van der Waals surface area contributed by atoms with E-state index >= 15 is 0 Å². The molecule has 0 radical (unpaired) electrons. The highest BCUT2D eigenvalue weighted by Crippen LogP contribution is 2.05. The standard InChI is InChI=1S/C9H19NOS/c1-4-5-11-9(12)8(10)6-7(2)3/h7-8H,4-6,10H2,1-3H3. The maximum absolute atomic E-state index is 5.79. The quantitative estimate of drug-likeness (QED) is 0.673. The third-order valence-corrected chi connectivity index (χ3v) is 1.90. The van der Waals surface area contributed by atoms with Crippen LogP contribution in [0.3, 0.4) is 0 Å². The molecule has 1 atom stereocenters. The summed E-state index contributed by atoms with van der Waals surface area (Å²) in [6.07, 6.45) is 1.89. The molecule has 0 aromatic rings. The van der Waals surface area contributed by atoms with E-state index in [1.54, 1.807) is 0 Å². The maximum atomic E-state index is 5.79. The molecule has 3 heteroatoms. The average molecular weight is 189 g/mol. The van der Waals surface area contributed by atoms with Crippen LogP contribution in [0.5, 0.6) is 0 Å². The Kier molecular flexibility index (Phi) is 6.30. The fraction of sp³-hybridized carbons (Fsp3) is 0.889. The summed E-state index contributed by atoms with van der Waals surface area (Å²) in [6, 6.07) is -0.0773. The van der Waals surface area contributed by atoms with Gasteiger partial charge in [-0.25, -0.2) is 0 Å². The summed E-state index contributed by atoms with van der Waals surface area (Å²) < 4.78 is 5.26. The van der Waals surface area contributed by atoms with Crippen molar-refractivity contribution < 1.29 is 4.74 Å². The minimum absolute atomic E-state index is 0.0773. The first kappa shape index (κ1) is 11.8. The summed E-state index contributed by atoms with van der Waals surface area (Å²) in [4.78, 5) is 0. The van der Waals surface area contributed by atoms with Crippen molar-refractivity contribution in [3.05, 3.63) is 0 Å². The van der Waals surface area contributed by atoms with Gasteiger partial charge in [0.1, 0.15) is 0 Å². The van der Waals surface area contributed by atoms with Gasteiger partial charge in [0.2, 0.25) is 0 Å². The van der Waals surface area contributed by atoms with Crippen LogP contribution in [-0.2, 0) is 4.74 Å². The first-order valence-electron chi connectivity index (χ1n) is 4.50. The molecule has 1 unspecified atom stereocenters. The second-order valence-corrected chi connectivity index (χ2v) is 3.81. The van der Waals surface area contributed by atoms with Gasteiger partial charge in [0, 0.05) is 0 Å². The average Bonchev–Trinajstić information content (AvgIpc) is 1.98. The minimum atomic E-state index is -0.0773. The summed E-state index contributed by atoms with van der Waals surface area (Å²) >= 11 is 5.01. The van der Waals surface area contributed by atoms with Gasteiger partial charge in [-0.2, -0.15) is 0 Å². The Morgan fingerprint density at radius 1 is 1.50 bits per heavy atom. The van der Waals surface area contributed by atoms with Crippen molar-refractivity contribution in [3.8, 4) is 0 Å². The third-order valence-electron chi connectivity index (χ3n) is 1.48. The second kappa shape index (κ2) is 6.38. The Labute approximate surface area is 80.5 Å². The zero-order valence-electron chi connectivity index (χ0n) is 8.17. The molecule has 0 aliphatic heterocycles. The van der Waals surface area contributed by atoms with Gasteiger partial charge in [-0.3, -0.25) is 0 Å². The SMILES string of the molecule is CCCOC(=S)C(N)CC(C)C. The van der Waals surface area contributed by atoms with E-state index in [1.807, 2.05) is 0 Å². The molecule has 0 bridgehead atoms. The van der Waals surface area contributed by atoms with Crippen LogP contribution in [0.15, 0.2) is 0 Å². The molecule has 0 saturated heterocycles. The minimum Gasteiger partial charge on any atom is -0.485 e. The van der Waals surface area contributed by atoms with Crippen LogP contribution in [-0.4, -0.2) is 17.7 Å². The van der Waals surface area contributed by atoms with E-state index in [0.717, 1.165) is 12.8 Å². The Balaban J connectivity index is 3.61. The van der Waals surface area contributed by atoms with E-state index in [9.17, 15) is 0 Å². The predicted octanol–water partition coefficient (Wildman–Crippen LogP) is 2.11. The van der Waals surface area contributed by atoms with E-state index in [0.29, 0.717) is 17.6 Å². The fourth-order valence-electron chi connectivity index (χ4n) is 0.914. The fourth-order valence-corrected chi connectivity index (χ4v) is 1.09. The molecule has 12 heavy (non-hydrogen) atoms. The van der Waals surface area contributed by atoms with Gasteiger partial charge >= 0.3 is 0 Å². The summed E-state index contributed by atoms with van der Waals surface area (Å²) in [7, 11) is 0. The summed E-state index contributed by atoms with van der Waals surface area (Å²) in [6.45, 7) is 6.99. The largest absolute Gasteiger partial charge is 0.485 e. The summed E-state index contributed by atoms with van der Waals surface area (Å²) in [5.41, 5.74) is 5.79. The highest BCUT2D eigenvalue weighted by molar-refractivity contribution is 7.80. The van der Waals surface area contributed by atoms with Crippen molar-refractivity contribution in [2.45, 2.75) is 39.7 Å². The van der Waals surface area contributed by atoms with E-state index in [-0.39, 0.29) is 6.04 Å². The van der Waals surface area contributed by atoms with Crippen molar-refractivity contribution in [2.24, 2.45) is 11.7 Å². The Bertz CT molecular complexity index is 136. The zero-order chi connectivity index (χ0) is 9.56. The van der Waals surface area contributed by atoms with Gasteiger partial charge in [-0.1, -0.05) is 20.8 Å². The zero-order valence-corrected chi connectivity index (χ0v) is 8.99. The van der Waals surface area contributed by atoms with E-state index in [2.05, 4.69) is 20.8 Å². The Hall–Kier alpha value is -0.150. The van der Waals surface area contributed by atoms with Crippen LogP contribution in [0, 0.1) is 5.92 Å². The number of hydrogen-bond acceptors (Lipinski definition) is 3. The lowest BCUT2D eigenvalue weighted by Crippen LogP contribution is -2.32. The van der Waals surface area contributed by atoms with Crippen LogP contribution >= 0.6 is 12.2 Å². The first-order valence-corrected chi connectivity index (χ1v) is 4.91. The predicted molar refractivity (Wildman–Crippen MR) is 56.3 cm³/mol. The third kappa shape index (κ3) is 5.49. The monoisotopic (exact) mass is 189 g/mol. The number of ether oxygens (including phenoxy) is 1. The number of rotatable bonds is 5. The summed E-state index contributed by atoms with van der Waals surface area (Å²) in [5.74, 6) is 0.572. The van der Waals surface area contributed by atoms with Gasteiger partial charge in [0.15, 0.2) is 5.05 Å². The summed E-state index contributed by atoms with van der Waals surface area (Å²) in [5, 5.41) is 0.561. The lowest BCUT2D eigenvalue weighted by Gasteiger charge is -2.15. The van der Waals surface area contributed by atoms with Crippen LogP contribution < -0.4 is 5.73 Å². The van der Waals surface area contributed by atoms with Crippen LogP contribution in [0.4, 0.5) is 0 Å². The number of nitrogens with two attached hydrogens (primary N) is 1. The van der Waals surface area contributed by atoms with Crippen molar-refractivity contribution in [2.75, 3.05) is 6.61 Å². The van der Waals surface area contributed by atoms with E-state index in [1.165, 1.54) is 0 Å². The Morgan fingerprint density at radius 2 is 2.08 bits per heavy atom. The molecule has 0 fully saturated rings. The highest BCUT2D eigenvalue weighted by atomic mass is 32.1. The molecule has 0 aliphatic carbocycles. The number of thiocarbonyl (C=S) groups is 1. The molecule has 0 heterocycles. The van der Waals surface area contributed by atoms with Gasteiger partial charge in [-0.15, -0.1) is 0 Å². The van der Waals surface area contributed by atoms with Crippen molar-refractivity contribution in [3.63, 3.8) is 0 Å².